The molecule has 0 saturated heterocycles. The zero-order valence-corrected chi connectivity index (χ0v) is 9.17. The number of ether oxygens (including phenoxy) is 3. The molecule has 0 aliphatic heterocycles. The Morgan fingerprint density at radius 1 is 1.33 bits per heavy atom. The number of hydrogen-bond donors (Lipinski definition) is 2. The van der Waals surface area contributed by atoms with E-state index in [4.69, 9.17) is 9.47 Å². The van der Waals surface area contributed by atoms with Crippen LogP contribution in [-0.4, -0.2) is 61.9 Å². The Morgan fingerprint density at radius 3 is 2.33 bits per heavy atom. The quantitative estimate of drug-likeness (QED) is 0.534. The van der Waals surface area contributed by atoms with Crippen LogP contribution in [0.3, 0.4) is 0 Å². The molecule has 90 valence electrons. The van der Waals surface area contributed by atoms with Crippen molar-refractivity contribution in [1.82, 2.24) is 0 Å². The Labute approximate surface area is 88.7 Å². The molecule has 0 aromatic rings. The normalized spacial score (nSPS) is 16.9. The van der Waals surface area contributed by atoms with Gasteiger partial charge in [0.25, 0.3) is 0 Å². The molecule has 0 bridgehead atoms. The van der Waals surface area contributed by atoms with Gasteiger partial charge in [0.1, 0.15) is 12.2 Å². The van der Waals surface area contributed by atoms with Gasteiger partial charge >= 0.3 is 5.97 Å². The molecule has 0 saturated carbocycles. The lowest BCUT2D eigenvalue weighted by molar-refractivity contribution is -0.167. The first-order valence-corrected chi connectivity index (χ1v) is 4.62. The standard InChI is InChI=1S/C9H18O6/c1-4-15-9(12)8(11)7(10)6(14-3)5-13-2/h6-8,10-11H,4-5H2,1-3H3/t6-,7-,8+/m1/s1. The van der Waals surface area contributed by atoms with Crippen LogP contribution in [0.25, 0.3) is 0 Å². The largest absolute Gasteiger partial charge is 0.464 e. The molecule has 3 atom stereocenters. The predicted octanol–water partition coefficient (Wildman–Crippen LogP) is -1.07. The molecule has 0 amide bonds. The number of carbonyl (C=O) groups excluding carboxylic acids is 1. The third-order valence-corrected chi connectivity index (χ3v) is 1.87. The molecule has 6 heteroatoms. The van der Waals surface area contributed by atoms with Gasteiger partial charge in [-0.15, -0.1) is 0 Å². The molecule has 0 aromatic carbocycles. The maximum Gasteiger partial charge on any atom is 0.337 e. The van der Waals surface area contributed by atoms with Crippen molar-refractivity contribution in [3.8, 4) is 0 Å². The van der Waals surface area contributed by atoms with E-state index in [1.165, 1.54) is 14.2 Å². The van der Waals surface area contributed by atoms with Gasteiger partial charge in [-0.05, 0) is 6.92 Å². The first kappa shape index (κ1) is 14.3. The summed E-state index contributed by atoms with van der Waals surface area (Å²) < 4.78 is 14.2. The minimum atomic E-state index is -1.62. The highest BCUT2D eigenvalue weighted by atomic mass is 16.6. The first-order valence-electron chi connectivity index (χ1n) is 4.62. The molecule has 0 spiro atoms. The average Bonchev–Trinajstić information content (AvgIpc) is 2.24. The lowest BCUT2D eigenvalue weighted by Crippen LogP contribution is -2.45. The van der Waals surface area contributed by atoms with E-state index < -0.39 is 24.3 Å². The van der Waals surface area contributed by atoms with Crippen LogP contribution < -0.4 is 0 Å². The first-order chi connectivity index (χ1) is 7.08. The van der Waals surface area contributed by atoms with Crippen molar-refractivity contribution >= 4 is 5.97 Å². The van der Waals surface area contributed by atoms with E-state index in [0.29, 0.717) is 0 Å². The van der Waals surface area contributed by atoms with Crippen LogP contribution >= 0.6 is 0 Å². The van der Waals surface area contributed by atoms with Gasteiger partial charge in [0, 0.05) is 14.2 Å². The van der Waals surface area contributed by atoms with Crippen molar-refractivity contribution in [3.63, 3.8) is 0 Å². The van der Waals surface area contributed by atoms with Crippen molar-refractivity contribution in [1.29, 1.82) is 0 Å². The van der Waals surface area contributed by atoms with Crippen molar-refractivity contribution in [2.45, 2.75) is 25.2 Å². The summed E-state index contributed by atoms with van der Waals surface area (Å²) in [7, 11) is 2.78. The minimum absolute atomic E-state index is 0.0775. The van der Waals surface area contributed by atoms with Gasteiger partial charge in [-0.25, -0.2) is 4.79 Å². The van der Waals surface area contributed by atoms with E-state index in [1.54, 1.807) is 6.92 Å². The Hall–Kier alpha value is -0.690. The SMILES string of the molecule is CCOC(=O)[C@@H](O)[C@H](O)[C@@H](COC)OC. The van der Waals surface area contributed by atoms with Gasteiger partial charge in [0.05, 0.1) is 13.2 Å². The van der Waals surface area contributed by atoms with Gasteiger partial charge in [-0.2, -0.15) is 0 Å². The van der Waals surface area contributed by atoms with Gasteiger partial charge < -0.3 is 24.4 Å². The van der Waals surface area contributed by atoms with Crippen LogP contribution in [-0.2, 0) is 19.0 Å². The summed E-state index contributed by atoms with van der Waals surface area (Å²) in [6.07, 6.45) is -3.76. The highest BCUT2D eigenvalue weighted by molar-refractivity contribution is 5.75. The van der Waals surface area contributed by atoms with Gasteiger partial charge in [0.15, 0.2) is 6.10 Å². The Bertz CT molecular complexity index is 183. The molecule has 0 fully saturated rings. The van der Waals surface area contributed by atoms with E-state index in [9.17, 15) is 15.0 Å². The van der Waals surface area contributed by atoms with Gasteiger partial charge in [-0.1, -0.05) is 0 Å². The highest BCUT2D eigenvalue weighted by Crippen LogP contribution is 2.06. The zero-order chi connectivity index (χ0) is 11.8. The van der Waals surface area contributed by atoms with E-state index in [2.05, 4.69) is 4.74 Å². The topological polar surface area (TPSA) is 85.2 Å². The molecule has 0 aliphatic rings. The molecule has 0 rings (SSSR count). The van der Waals surface area contributed by atoms with E-state index in [-0.39, 0.29) is 13.2 Å². The van der Waals surface area contributed by atoms with Crippen LogP contribution in [0.1, 0.15) is 6.92 Å². The third kappa shape index (κ3) is 4.57. The van der Waals surface area contributed by atoms with Crippen LogP contribution in [0.5, 0.6) is 0 Å². The monoisotopic (exact) mass is 222 g/mol. The number of carbonyl (C=O) groups is 1. The van der Waals surface area contributed by atoms with Crippen molar-refractivity contribution in [2.24, 2.45) is 0 Å². The fraction of sp³-hybridized carbons (Fsp3) is 0.889. The molecule has 6 nitrogen and oxygen atoms in total. The Morgan fingerprint density at radius 2 is 1.93 bits per heavy atom. The van der Waals surface area contributed by atoms with E-state index in [1.807, 2.05) is 0 Å². The summed E-state index contributed by atoms with van der Waals surface area (Å²) in [6.45, 7) is 1.83. The summed E-state index contributed by atoms with van der Waals surface area (Å²) in [5.41, 5.74) is 0. The summed E-state index contributed by atoms with van der Waals surface area (Å²) in [4.78, 5) is 11.1. The third-order valence-electron chi connectivity index (χ3n) is 1.87. The second kappa shape index (κ2) is 7.58. The van der Waals surface area contributed by atoms with E-state index >= 15 is 0 Å². The Kier molecular flexibility index (Phi) is 7.23. The van der Waals surface area contributed by atoms with Crippen molar-refractivity contribution in [2.75, 3.05) is 27.4 Å². The fourth-order valence-electron chi connectivity index (χ4n) is 1.04. The van der Waals surface area contributed by atoms with Crippen molar-refractivity contribution < 1.29 is 29.2 Å². The highest BCUT2D eigenvalue weighted by Gasteiger charge is 2.32. The lowest BCUT2D eigenvalue weighted by atomic mass is 10.1. The fourth-order valence-corrected chi connectivity index (χ4v) is 1.04. The number of rotatable bonds is 7. The molecule has 15 heavy (non-hydrogen) atoms. The second-order valence-electron chi connectivity index (χ2n) is 2.92. The molecule has 0 aromatic heterocycles. The second-order valence-corrected chi connectivity index (χ2v) is 2.92. The zero-order valence-electron chi connectivity index (χ0n) is 9.17. The molecule has 0 radical (unpaired) electrons. The molecule has 0 unspecified atom stereocenters. The van der Waals surface area contributed by atoms with Crippen molar-refractivity contribution in [3.05, 3.63) is 0 Å². The lowest BCUT2D eigenvalue weighted by Gasteiger charge is -2.23. The summed E-state index contributed by atoms with van der Waals surface area (Å²) in [5, 5.41) is 18.9. The van der Waals surface area contributed by atoms with Crippen LogP contribution in [0.15, 0.2) is 0 Å². The molecular formula is C9H18O6. The molecular weight excluding hydrogens is 204 g/mol. The van der Waals surface area contributed by atoms with Gasteiger partial charge in [-0.3, -0.25) is 0 Å². The minimum Gasteiger partial charge on any atom is -0.464 e. The number of aliphatic hydroxyl groups is 2. The number of esters is 1. The molecule has 2 N–H and O–H groups in total. The summed E-state index contributed by atoms with van der Waals surface area (Å²) in [6, 6.07) is 0. The van der Waals surface area contributed by atoms with E-state index in [0.717, 1.165) is 0 Å². The van der Waals surface area contributed by atoms with Crippen LogP contribution in [0, 0.1) is 0 Å². The average molecular weight is 222 g/mol. The van der Waals surface area contributed by atoms with Crippen LogP contribution in [0.2, 0.25) is 0 Å². The molecule has 0 heterocycles. The maximum absolute atomic E-state index is 11.1. The number of aliphatic hydroxyl groups excluding tert-OH is 2. The number of methoxy groups -OCH3 is 2. The summed E-state index contributed by atoms with van der Waals surface area (Å²) >= 11 is 0. The maximum atomic E-state index is 11.1. The smallest absolute Gasteiger partial charge is 0.337 e. The summed E-state index contributed by atoms with van der Waals surface area (Å²) in [5.74, 6) is -0.872. The predicted molar refractivity (Wildman–Crippen MR) is 51.3 cm³/mol. The van der Waals surface area contributed by atoms with Gasteiger partial charge in [0.2, 0.25) is 0 Å². The Balaban J connectivity index is 4.25. The van der Waals surface area contributed by atoms with Crippen LogP contribution in [0.4, 0.5) is 0 Å². The molecule has 0 aliphatic carbocycles. The number of hydrogen-bond acceptors (Lipinski definition) is 6.